The SMILES string of the molecule is CN(Cc1ccccc1)C(=O)c1cnc2scc(-c3ccccc3Cl)n2c1=O. The number of rotatable bonds is 4. The number of carbonyl (C=O) groups is 1. The number of hydrogen-bond donors (Lipinski definition) is 0. The molecule has 0 unspecified atom stereocenters. The largest absolute Gasteiger partial charge is 0.337 e. The normalized spacial score (nSPS) is 10.9. The van der Waals surface area contributed by atoms with E-state index in [2.05, 4.69) is 4.98 Å². The summed E-state index contributed by atoms with van der Waals surface area (Å²) < 4.78 is 1.45. The van der Waals surface area contributed by atoms with E-state index in [9.17, 15) is 9.59 Å². The van der Waals surface area contributed by atoms with Crippen LogP contribution in [0.1, 0.15) is 15.9 Å². The molecule has 2 heterocycles. The summed E-state index contributed by atoms with van der Waals surface area (Å²) in [6.45, 7) is 0.406. The standard InChI is InChI=1S/C21H16ClN3O2S/c1-24(12-14-7-3-2-4-8-14)19(26)16-11-23-21-25(20(16)27)18(13-28-21)15-9-5-6-10-17(15)22/h2-11,13H,12H2,1H3. The van der Waals surface area contributed by atoms with E-state index in [-0.39, 0.29) is 11.5 Å². The van der Waals surface area contributed by atoms with E-state index in [4.69, 9.17) is 11.6 Å². The van der Waals surface area contributed by atoms with Gasteiger partial charge in [0.1, 0.15) is 5.56 Å². The molecule has 2 aromatic heterocycles. The van der Waals surface area contributed by atoms with Crippen molar-refractivity contribution in [2.24, 2.45) is 0 Å². The molecule has 0 aliphatic carbocycles. The number of fused-ring (bicyclic) bond motifs is 1. The van der Waals surface area contributed by atoms with Gasteiger partial charge in [0.25, 0.3) is 11.5 Å². The van der Waals surface area contributed by atoms with Crippen LogP contribution in [0.25, 0.3) is 16.2 Å². The molecule has 4 rings (SSSR count). The predicted molar refractivity (Wildman–Crippen MR) is 112 cm³/mol. The van der Waals surface area contributed by atoms with Crippen molar-refractivity contribution in [3.63, 3.8) is 0 Å². The Morgan fingerprint density at radius 1 is 1.14 bits per heavy atom. The van der Waals surface area contributed by atoms with E-state index in [1.807, 2.05) is 53.9 Å². The highest BCUT2D eigenvalue weighted by Gasteiger charge is 2.20. The van der Waals surface area contributed by atoms with E-state index in [0.717, 1.165) is 11.1 Å². The Labute approximate surface area is 170 Å². The summed E-state index contributed by atoms with van der Waals surface area (Å²) in [4.78, 5) is 32.4. The van der Waals surface area contributed by atoms with Crippen LogP contribution < -0.4 is 5.56 Å². The van der Waals surface area contributed by atoms with Crippen molar-refractivity contribution in [3.05, 3.63) is 92.7 Å². The summed E-state index contributed by atoms with van der Waals surface area (Å²) in [6, 6.07) is 16.9. The Hall–Kier alpha value is -2.96. The summed E-state index contributed by atoms with van der Waals surface area (Å²) in [5, 5.41) is 2.36. The number of carbonyl (C=O) groups excluding carboxylic acids is 1. The van der Waals surface area contributed by atoms with Crippen molar-refractivity contribution < 1.29 is 4.79 Å². The molecule has 0 bridgehead atoms. The van der Waals surface area contributed by atoms with Crippen molar-refractivity contribution in [2.75, 3.05) is 7.05 Å². The van der Waals surface area contributed by atoms with Gasteiger partial charge >= 0.3 is 0 Å². The van der Waals surface area contributed by atoms with Crippen molar-refractivity contribution in [2.45, 2.75) is 6.54 Å². The second kappa shape index (κ2) is 7.58. The summed E-state index contributed by atoms with van der Waals surface area (Å²) in [5.74, 6) is -0.368. The van der Waals surface area contributed by atoms with E-state index >= 15 is 0 Å². The van der Waals surface area contributed by atoms with Gasteiger partial charge in [0.15, 0.2) is 4.96 Å². The highest BCUT2D eigenvalue weighted by Crippen LogP contribution is 2.30. The van der Waals surface area contributed by atoms with Gasteiger partial charge in [0, 0.05) is 35.8 Å². The van der Waals surface area contributed by atoms with Crippen LogP contribution in [0.5, 0.6) is 0 Å². The molecule has 0 aliphatic rings. The van der Waals surface area contributed by atoms with Crippen molar-refractivity contribution in [1.29, 1.82) is 0 Å². The van der Waals surface area contributed by atoms with Gasteiger partial charge in [-0.2, -0.15) is 0 Å². The first-order valence-corrected chi connectivity index (χ1v) is 9.85. The molecule has 0 spiro atoms. The molecule has 0 N–H and O–H groups in total. The molecular formula is C21H16ClN3O2S. The Morgan fingerprint density at radius 2 is 1.86 bits per heavy atom. The Kier molecular flexibility index (Phi) is 4.98. The molecule has 140 valence electrons. The maximum atomic E-state index is 13.1. The van der Waals surface area contributed by atoms with Crippen LogP contribution in [0.3, 0.4) is 0 Å². The molecule has 5 nitrogen and oxygen atoms in total. The van der Waals surface area contributed by atoms with Crippen LogP contribution in [0, 0.1) is 0 Å². The maximum absolute atomic E-state index is 13.1. The topological polar surface area (TPSA) is 54.7 Å². The third-order valence-corrected chi connectivity index (χ3v) is 5.60. The number of benzene rings is 2. The smallest absolute Gasteiger partial charge is 0.271 e. The zero-order valence-electron chi connectivity index (χ0n) is 15.0. The van der Waals surface area contributed by atoms with Crippen LogP contribution in [0.2, 0.25) is 5.02 Å². The van der Waals surface area contributed by atoms with E-state index in [1.165, 1.54) is 26.8 Å². The van der Waals surface area contributed by atoms with E-state index in [1.54, 1.807) is 13.1 Å². The molecule has 7 heteroatoms. The fourth-order valence-electron chi connectivity index (χ4n) is 3.03. The number of aromatic nitrogens is 2. The zero-order chi connectivity index (χ0) is 19.7. The predicted octanol–water partition coefficient (Wildman–Crippen LogP) is 4.35. The molecular weight excluding hydrogens is 394 g/mol. The molecule has 0 saturated carbocycles. The molecule has 2 aromatic carbocycles. The highest BCUT2D eigenvalue weighted by molar-refractivity contribution is 7.15. The minimum absolute atomic E-state index is 0.0302. The fraction of sp³-hybridized carbons (Fsp3) is 0.0952. The lowest BCUT2D eigenvalue weighted by atomic mass is 10.1. The molecule has 0 radical (unpaired) electrons. The molecule has 1 amide bonds. The number of amides is 1. The molecule has 28 heavy (non-hydrogen) atoms. The van der Waals surface area contributed by atoms with E-state index in [0.29, 0.717) is 22.2 Å². The quantitative estimate of drug-likeness (QED) is 0.503. The van der Waals surface area contributed by atoms with Gasteiger partial charge in [-0.3, -0.25) is 14.0 Å². The van der Waals surface area contributed by atoms with Crippen molar-refractivity contribution in [3.8, 4) is 11.3 Å². The average Bonchev–Trinajstić information content (AvgIpc) is 3.14. The zero-order valence-corrected chi connectivity index (χ0v) is 16.6. The second-order valence-corrected chi connectivity index (χ2v) is 7.59. The third-order valence-electron chi connectivity index (χ3n) is 4.44. The maximum Gasteiger partial charge on any atom is 0.271 e. The molecule has 0 aliphatic heterocycles. The van der Waals surface area contributed by atoms with Crippen LogP contribution in [-0.4, -0.2) is 27.2 Å². The molecule has 0 atom stereocenters. The summed E-state index contributed by atoms with van der Waals surface area (Å²) in [5.41, 5.74) is 1.97. The first kappa shape index (κ1) is 18.4. The first-order chi connectivity index (χ1) is 13.6. The Balaban J connectivity index is 1.76. The second-order valence-electron chi connectivity index (χ2n) is 6.34. The van der Waals surface area contributed by atoms with Crippen LogP contribution >= 0.6 is 22.9 Å². The summed E-state index contributed by atoms with van der Waals surface area (Å²) in [6.07, 6.45) is 1.36. The Bertz CT molecular complexity index is 1220. The minimum Gasteiger partial charge on any atom is -0.337 e. The summed E-state index contributed by atoms with van der Waals surface area (Å²) in [7, 11) is 1.67. The lowest BCUT2D eigenvalue weighted by Crippen LogP contribution is -2.32. The molecule has 0 fully saturated rings. The van der Waals surface area contributed by atoms with Gasteiger partial charge in [0.05, 0.1) is 5.69 Å². The van der Waals surface area contributed by atoms with E-state index < -0.39 is 5.56 Å². The molecule has 0 saturated heterocycles. The Morgan fingerprint density at radius 3 is 2.61 bits per heavy atom. The fourth-order valence-corrected chi connectivity index (χ4v) is 4.11. The van der Waals surface area contributed by atoms with Gasteiger partial charge in [-0.25, -0.2) is 4.98 Å². The van der Waals surface area contributed by atoms with Gasteiger partial charge in [-0.15, -0.1) is 11.3 Å². The van der Waals surface area contributed by atoms with Gasteiger partial charge < -0.3 is 4.90 Å². The van der Waals surface area contributed by atoms with Crippen LogP contribution in [0.15, 0.2) is 71.0 Å². The minimum atomic E-state index is -0.397. The highest BCUT2D eigenvalue weighted by atomic mass is 35.5. The number of halogens is 1. The van der Waals surface area contributed by atoms with Crippen molar-refractivity contribution >= 4 is 33.8 Å². The number of thiazole rings is 1. The lowest BCUT2D eigenvalue weighted by molar-refractivity contribution is 0.0782. The van der Waals surface area contributed by atoms with Gasteiger partial charge in [0.2, 0.25) is 0 Å². The lowest BCUT2D eigenvalue weighted by Gasteiger charge is -2.17. The third kappa shape index (κ3) is 3.32. The number of nitrogens with zero attached hydrogens (tertiary/aromatic N) is 3. The van der Waals surface area contributed by atoms with Gasteiger partial charge in [-0.05, 0) is 11.6 Å². The monoisotopic (exact) mass is 409 g/mol. The summed E-state index contributed by atoms with van der Waals surface area (Å²) >= 11 is 7.64. The first-order valence-electron chi connectivity index (χ1n) is 8.60. The molecule has 4 aromatic rings. The van der Waals surface area contributed by atoms with Crippen LogP contribution in [-0.2, 0) is 6.54 Å². The number of hydrogen-bond acceptors (Lipinski definition) is 4. The van der Waals surface area contributed by atoms with Crippen molar-refractivity contribution in [1.82, 2.24) is 14.3 Å². The average molecular weight is 410 g/mol. The van der Waals surface area contributed by atoms with Gasteiger partial charge in [-0.1, -0.05) is 60.1 Å². The van der Waals surface area contributed by atoms with Crippen LogP contribution in [0.4, 0.5) is 0 Å².